The van der Waals surface area contributed by atoms with Crippen molar-refractivity contribution in [1.82, 2.24) is 29.7 Å². The number of imidazole rings is 1. The van der Waals surface area contributed by atoms with Gasteiger partial charge in [-0.3, -0.25) is 9.78 Å². The van der Waals surface area contributed by atoms with Gasteiger partial charge in [0.2, 0.25) is 0 Å². The van der Waals surface area contributed by atoms with E-state index in [9.17, 15) is 4.79 Å². The van der Waals surface area contributed by atoms with Crippen molar-refractivity contribution in [2.24, 2.45) is 0 Å². The summed E-state index contributed by atoms with van der Waals surface area (Å²) in [6.45, 7) is 3.35. The Kier molecular flexibility index (Phi) is 5.04. The largest absolute Gasteiger partial charge is 0.348 e. The van der Waals surface area contributed by atoms with Gasteiger partial charge in [0.1, 0.15) is 5.52 Å². The number of likely N-dealkylation sites (N-methyl/N-ethyl adjacent to an activating group) is 1. The van der Waals surface area contributed by atoms with Gasteiger partial charge in [0.05, 0.1) is 24.1 Å². The number of carbonyl (C=O) groups is 1. The molecule has 1 amide bonds. The van der Waals surface area contributed by atoms with Crippen molar-refractivity contribution < 1.29 is 4.79 Å². The molecule has 1 N–H and O–H groups in total. The van der Waals surface area contributed by atoms with Crippen LogP contribution in [0.5, 0.6) is 0 Å². The quantitative estimate of drug-likeness (QED) is 0.738. The summed E-state index contributed by atoms with van der Waals surface area (Å²) in [7, 11) is 3.95. The molecular weight excluding hydrogens is 316 g/mol. The summed E-state index contributed by atoms with van der Waals surface area (Å²) < 4.78 is 1.92. The number of nitrogens with one attached hydrogen (secondary N) is 1. The highest BCUT2D eigenvalue weighted by molar-refractivity contribution is 5.96. The summed E-state index contributed by atoms with van der Waals surface area (Å²) in [5.41, 5.74) is 2.89. The molecule has 0 aliphatic carbocycles. The van der Waals surface area contributed by atoms with Gasteiger partial charge in [-0.2, -0.15) is 0 Å². The summed E-state index contributed by atoms with van der Waals surface area (Å²) in [6, 6.07) is 7.62. The molecule has 7 heteroatoms. The number of amides is 1. The van der Waals surface area contributed by atoms with E-state index in [0.29, 0.717) is 17.6 Å². The van der Waals surface area contributed by atoms with Crippen molar-refractivity contribution in [2.75, 3.05) is 20.6 Å². The fraction of sp³-hybridized carbons (Fsp3) is 0.333. The van der Waals surface area contributed by atoms with Crippen LogP contribution in [0.15, 0.2) is 43.0 Å². The van der Waals surface area contributed by atoms with Crippen molar-refractivity contribution in [3.8, 4) is 0 Å². The predicted octanol–water partition coefficient (Wildman–Crippen LogP) is 1.55. The second-order valence-corrected chi connectivity index (χ2v) is 6.40. The van der Waals surface area contributed by atoms with E-state index in [1.807, 2.05) is 48.7 Å². The maximum absolute atomic E-state index is 12.4. The standard InChI is InChI=1S/C18H22N6O/c1-13(10-23(2)3)22-18(25)14-8-16-17(20-9-14)24(12-21-16)11-15-6-4-5-7-19-15/h4-9,12-13H,10-11H2,1-3H3,(H,22,25). The van der Waals surface area contributed by atoms with Crippen LogP contribution in [-0.2, 0) is 6.54 Å². The lowest BCUT2D eigenvalue weighted by atomic mass is 10.2. The monoisotopic (exact) mass is 338 g/mol. The molecule has 130 valence electrons. The van der Waals surface area contributed by atoms with Crippen molar-refractivity contribution in [2.45, 2.75) is 19.5 Å². The fourth-order valence-electron chi connectivity index (χ4n) is 2.76. The molecule has 3 heterocycles. The molecule has 0 bridgehead atoms. The topological polar surface area (TPSA) is 75.9 Å². The molecule has 0 spiro atoms. The van der Waals surface area contributed by atoms with E-state index >= 15 is 0 Å². The van der Waals surface area contributed by atoms with Crippen LogP contribution in [0.2, 0.25) is 0 Å². The summed E-state index contributed by atoms with van der Waals surface area (Å²) in [5, 5.41) is 2.97. The second kappa shape index (κ2) is 7.40. The third-order valence-electron chi connectivity index (χ3n) is 3.79. The number of pyridine rings is 2. The van der Waals surface area contributed by atoms with Crippen molar-refractivity contribution in [3.05, 3.63) is 54.2 Å². The average Bonchev–Trinajstić information content (AvgIpc) is 2.97. The molecular formula is C18H22N6O. The molecule has 0 saturated carbocycles. The van der Waals surface area contributed by atoms with E-state index in [4.69, 9.17) is 0 Å². The molecule has 1 unspecified atom stereocenters. The Bertz CT molecular complexity index is 858. The first-order valence-corrected chi connectivity index (χ1v) is 8.19. The van der Waals surface area contributed by atoms with Crippen LogP contribution in [0.3, 0.4) is 0 Å². The molecule has 0 radical (unpaired) electrons. The maximum atomic E-state index is 12.4. The minimum Gasteiger partial charge on any atom is -0.348 e. The Morgan fingerprint density at radius 2 is 2.12 bits per heavy atom. The van der Waals surface area contributed by atoms with Crippen molar-refractivity contribution in [1.29, 1.82) is 0 Å². The van der Waals surface area contributed by atoms with Gasteiger partial charge in [0, 0.05) is 25.0 Å². The second-order valence-electron chi connectivity index (χ2n) is 6.40. The molecule has 25 heavy (non-hydrogen) atoms. The van der Waals surface area contributed by atoms with Crippen LogP contribution in [0.25, 0.3) is 11.2 Å². The smallest absolute Gasteiger partial charge is 0.253 e. The molecule has 0 aromatic carbocycles. The molecule has 7 nitrogen and oxygen atoms in total. The summed E-state index contributed by atoms with van der Waals surface area (Å²) in [4.78, 5) is 27.5. The lowest BCUT2D eigenvalue weighted by molar-refractivity contribution is 0.0934. The first-order valence-electron chi connectivity index (χ1n) is 8.19. The van der Waals surface area contributed by atoms with Gasteiger partial charge in [-0.1, -0.05) is 6.07 Å². The number of hydrogen-bond donors (Lipinski definition) is 1. The lowest BCUT2D eigenvalue weighted by Gasteiger charge is -2.18. The zero-order valence-corrected chi connectivity index (χ0v) is 14.7. The number of hydrogen-bond acceptors (Lipinski definition) is 5. The third-order valence-corrected chi connectivity index (χ3v) is 3.79. The highest BCUT2D eigenvalue weighted by atomic mass is 16.1. The van der Waals surface area contributed by atoms with E-state index in [0.717, 1.165) is 17.9 Å². The molecule has 0 fully saturated rings. The van der Waals surface area contributed by atoms with Gasteiger partial charge in [0.15, 0.2) is 5.65 Å². The van der Waals surface area contributed by atoms with E-state index < -0.39 is 0 Å². The van der Waals surface area contributed by atoms with Gasteiger partial charge in [-0.15, -0.1) is 0 Å². The van der Waals surface area contributed by atoms with Gasteiger partial charge in [-0.25, -0.2) is 9.97 Å². The SMILES string of the molecule is CC(CN(C)C)NC(=O)c1cnc2c(c1)ncn2Cc1ccccn1. The van der Waals surface area contributed by atoms with Crippen LogP contribution in [0.4, 0.5) is 0 Å². The van der Waals surface area contributed by atoms with Crippen LogP contribution in [0.1, 0.15) is 23.0 Å². The Hall–Kier alpha value is -2.80. The third kappa shape index (κ3) is 4.19. The van der Waals surface area contributed by atoms with Crippen LogP contribution in [0, 0.1) is 0 Å². The number of rotatable bonds is 6. The summed E-state index contributed by atoms with van der Waals surface area (Å²) >= 11 is 0. The summed E-state index contributed by atoms with van der Waals surface area (Å²) in [6.07, 6.45) is 5.08. The van der Waals surface area contributed by atoms with Gasteiger partial charge in [0.25, 0.3) is 5.91 Å². The Balaban J connectivity index is 1.76. The number of fused-ring (bicyclic) bond motifs is 1. The highest BCUT2D eigenvalue weighted by Gasteiger charge is 2.13. The van der Waals surface area contributed by atoms with Crippen LogP contribution >= 0.6 is 0 Å². The number of aromatic nitrogens is 4. The Morgan fingerprint density at radius 1 is 1.28 bits per heavy atom. The molecule has 3 rings (SSSR count). The van der Waals surface area contributed by atoms with Crippen molar-refractivity contribution >= 4 is 17.1 Å². The molecule has 3 aromatic heterocycles. The summed E-state index contributed by atoms with van der Waals surface area (Å²) in [5.74, 6) is -0.136. The minimum atomic E-state index is -0.136. The molecule has 3 aromatic rings. The normalized spacial score (nSPS) is 12.5. The van der Waals surface area contributed by atoms with E-state index in [-0.39, 0.29) is 11.9 Å². The van der Waals surface area contributed by atoms with Gasteiger partial charge >= 0.3 is 0 Å². The van der Waals surface area contributed by atoms with Crippen molar-refractivity contribution in [3.63, 3.8) is 0 Å². The first-order chi connectivity index (χ1) is 12.0. The maximum Gasteiger partial charge on any atom is 0.253 e. The zero-order chi connectivity index (χ0) is 17.8. The Morgan fingerprint density at radius 3 is 2.84 bits per heavy atom. The highest BCUT2D eigenvalue weighted by Crippen LogP contribution is 2.13. The number of carbonyl (C=O) groups excluding carboxylic acids is 1. The fourth-order valence-corrected chi connectivity index (χ4v) is 2.76. The molecule has 0 saturated heterocycles. The van der Waals surface area contributed by atoms with Gasteiger partial charge in [-0.05, 0) is 39.2 Å². The first kappa shape index (κ1) is 17.0. The average molecular weight is 338 g/mol. The minimum absolute atomic E-state index is 0.0555. The lowest BCUT2D eigenvalue weighted by Crippen LogP contribution is -2.39. The van der Waals surface area contributed by atoms with E-state index in [1.165, 1.54) is 0 Å². The van der Waals surface area contributed by atoms with E-state index in [2.05, 4.69) is 20.3 Å². The van der Waals surface area contributed by atoms with E-state index in [1.54, 1.807) is 24.8 Å². The molecule has 0 aliphatic heterocycles. The number of nitrogens with zero attached hydrogens (tertiary/aromatic N) is 5. The van der Waals surface area contributed by atoms with Crippen LogP contribution < -0.4 is 5.32 Å². The molecule has 1 atom stereocenters. The Labute approximate surface area is 146 Å². The zero-order valence-electron chi connectivity index (χ0n) is 14.7. The predicted molar refractivity (Wildman–Crippen MR) is 96.3 cm³/mol. The van der Waals surface area contributed by atoms with Crippen LogP contribution in [-0.4, -0.2) is 57.0 Å². The molecule has 0 aliphatic rings. The van der Waals surface area contributed by atoms with Gasteiger partial charge < -0.3 is 14.8 Å².